The number of nitrogens with two attached hydrogens (primary N) is 1. The summed E-state index contributed by atoms with van der Waals surface area (Å²) < 4.78 is 86.1. The zero-order valence-corrected chi connectivity index (χ0v) is 15.5. The predicted molar refractivity (Wildman–Crippen MR) is 97.2 cm³/mol. The van der Waals surface area contributed by atoms with Crippen molar-refractivity contribution in [1.82, 2.24) is 15.2 Å². The van der Waals surface area contributed by atoms with E-state index in [1.165, 1.54) is 13.0 Å². The second kappa shape index (κ2) is 7.43. The number of methoxy groups -OCH3 is 1. The van der Waals surface area contributed by atoms with Crippen molar-refractivity contribution < 1.29 is 31.1 Å². The topological polar surface area (TPSA) is 88.8 Å². The highest BCUT2D eigenvalue weighted by molar-refractivity contribution is 5.77. The summed E-state index contributed by atoms with van der Waals surface area (Å²) in [5, 5.41) is 8.59. The van der Waals surface area contributed by atoms with Gasteiger partial charge in [0.1, 0.15) is 5.75 Å². The molecule has 0 aliphatic heterocycles. The number of aryl methyl sites for hydroxylation is 1. The first kappa shape index (κ1) is 21.3. The smallest absolute Gasteiger partial charge is 0.419 e. The molecule has 1 aromatic heterocycles. The monoisotopic (exact) mass is 431 g/mol. The van der Waals surface area contributed by atoms with Crippen LogP contribution in [0.25, 0.3) is 11.1 Å². The van der Waals surface area contributed by atoms with Crippen LogP contribution >= 0.6 is 0 Å². The van der Waals surface area contributed by atoms with Crippen LogP contribution in [-0.4, -0.2) is 22.3 Å². The summed E-state index contributed by atoms with van der Waals surface area (Å²) >= 11 is 0. The van der Waals surface area contributed by atoms with Gasteiger partial charge in [0.25, 0.3) is 0 Å². The molecule has 0 saturated heterocycles. The maximum absolute atomic E-state index is 13.8. The number of halogens is 6. The molecule has 0 bridgehead atoms. The minimum absolute atomic E-state index is 0.00729. The Labute approximate surface area is 166 Å². The van der Waals surface area contributed by atoms with E-state index >= 15 is 0 Å². The van der Waals surface area contributed by atoms with Crippen molar-refractivity contribution in [2.24, 2.45) is 0 Å². The number of anilines is 3. The number of nitrogen functional groups attached to an aromatic ring is 1. The highest BCUT2D eigenvalue weighted by Crippen LogP contribution is 2.44. The molecule has 0 amide bonds. The van der Waals surface area contributed by atoms with E-state index in [0.717, 1.165) is 25.3 Å². The minimum atomic E-state index is -4.84. The first-order valence-electron chi connectivity index (χ1n) is 8.32. The van der Waals surface area contributed by atoms with Crippen LogP contribution in [0.4, 0.5) is 43.9 Å². The number of nitrogens with zero attached hydrogens (tertiary/aromatic N) is 2. The highest BCUT2D eigenvalue weighted by atomic mass is 19.4. The van der Waals surface area contributed by atoms with Crippen molar-refractivity contribution in [3.05, 3.63) is 47.0 Å². The van der Waals surface area contributed by atoms with Crippen LogP contribution in [0.3, 0.4) is 0 Å². The van der Waals surface area contributed by atoms with E-state index in [-0.39, 0.29) is 34.3 Å². The quantitative estimate of drug-likeness (QED) is 0.497. The van der Waals surface area contributed by atoms with Crippen LogP contribution in [0.5, 0.6) is 5.75 Å². The molecule has 4 N–H and O–H groups in total. The maximum atomic E-state index is 13.8. The molecular weight excluding hydrogens is 416 g/mol. The molecule has 6 nitrogen and oxygen atoms in total. The molecule has 0 radical (unpaired) electrons. The Bertz CT molecular complexity index is 1070. The summed E-state index contributed by atoms with van der Waals surface area (Å²) in [7, 11) is 1.05. The van der Waals surface area contributed by atoms with E-state index in [1.807, 2.05) is 0 Å². The van der Waals surface area contributed by atoms with Gasteiger partial charge in [-0.2, -0.15) is 31.3 Å². The fraction of sp³-hybridized carbons (Fsp3) is 0.222. The van der Waals surface area contributed by atoms with Gasteiger partial charge in [-0.25, -0.2) is 5.10 Å². The Kier molecular flexibility index (Phi) is 5.27. The number of hydrogen-bond donors (Lipinski definition) is 3. The summed E-state index contributed by atoms with van der Waals surface area (Å²) in [4.78, 5) is 3.75. The van der Waals surface area contributed by atoms with Crippen LogP contribution in [0.15, 0.2) is 30.3 Å². The molecule has 3 rings (SSSR count). The molecule has 2 aromatic carbocycles. The fourth-order valence-corrected chi connectivity index (χ4v) is 3.01. The summed E-state index contributed by atoms with van der Waals surface area (Å²) in [6.07, 6.45) is -9.64. The lowest BCUT2D eigenvalue weighted by atomic mass is 9.92. The molecule has 1 heterocycles. The van der Waals surface area contributed by atoms with Gasteiger partial charge in [0.2, 0.25) is 11.9 Å². The van der Waals surface area contributed by atoms with Crippen molar-refractivity contribution >= 4 is 17.6 Å². The minimum Gasteiger partial charge on any atom is -0.496 e. The number of ether oxygens (including phenoxy) is 1. The van der Waals surface area contributed by atoms with Gasteiger partial charge < -0.3 is 15.8 Å². The van der Waals surface area contributed by atoms with Gasteiger partial charge in [-0.1, -0.05) is 6.07 Å². The lowest BCUT2D eigenvalue weighted by Gasteiger charge is -2.19. The standard InChI is InChI=1S/C18H15F6N5O/c1-8-5-10(26-16-27-15(25)28-29-16)7-12(18(22,23)24)14(8)9-3-4-13(30-2)11(6-9)17(19,20)21/h3-7H,1-2H3,(H4,25,26,27,28,29). The molecule has 0 aliphatic carbocycles. The number of hydrogen-bond acceptors (Lipinski definition) is 5. The summed E-state index contributed by atoms with van der Waals surface area (Å²) in [6.45, 7) is 1.36. The molecule has 0 saturated carbocycles. The first-order chi connectivity index (χ1) is 13.9. The third-order valence-corrected chi connectivity index (χ3v) is 4.19. The van der Waals surface area contributed by atoms with E-state index in [0.29, 0.717) is 6.07 Å². The van der Waals surface area contributed by atoms with E-state index in [4.69, 9.17) is 10.5 Å². The average Bonchev–Trinajstić information content (AvgIpc) is 3.04. The van der Waals surface area contributed by atoms with Crippen LogP contribution < -0.4 is 15.8 Å². The number of nitrogens with one attached hydrogen (secondary N) is 2. The Morgan fingerprint density at radius 2 is 1.67 bits per heavy atom. The summed E-state index contributed by atoms with van der Waals surface area (Å²) in [5.74, 6) is -0.589. The number of alkyl halides is 6. The Balaban J connectivity index is 2.17. The van der Waals surface area contributed by atoms with Crippen molar-refractivity contribution in [1.29, 1.82) is 0 Å². The molecular formula is C18H15F6N5O. The Hall–Kier alpha value is -3.44. The molecule has 3 aromatic rings. The van der Waals surface area contributed by atoms with Crippen molar-refractivity contribution in [2.75, 3.05) is 18.2 Å². The van der Waals surface area contributed by atoms with Crippen molar-refractivity contribution in [3.8, 4) is 16.9 Å². The highest BCUT2D eigenvalue weighted by Gasteiger charge is 2.37. The second-order valence-electron chi connectivity index (χ2n) is 6.30. The molecule has 0 atom stereocenters. The van der Waals surface area contributed by atoms with Gasteiger partial charge in [-0.05, 0) is 47.9 Å². The number of benzene rings is 2. The van der Waals surface area contributed by atoms with E-state index in [9.17, 15) is 26.3 Å². The number of aromatic amines is 1. The van der Waals surface area contributed by atoms with Crippen molar-refractivity contribution in [3.63, 3.8) is 0 Å². The van der Waals surface area contributed by atoms with Crippen LogP contribution in [0, 0.1) is 6.92 Å². The molecule has 0 aliphatic rings. The molecule has 160 valence electrons. The maximum Gasteiger partial charge on any atom is 0.419 e. The van der Waals surface area contributed by atoms with Gasteiger partial charge in [0.05, 0.1) is 18.2 Å². The van der Waals surface area contributed by atoms with E-state index in [2.05, 4.69) is 20.5 Å². The normalized spacial score (nSPS) is 12.1. The largest absolute Gasteiger partial charge is 0.496 e. The van der Waals surface area contributed by atoms with Gasteiger partial charge in [0.15, 0.2) is 0 Å². The molecule has 0 spiro atoms. The van der Waals surface area contributed by atoms with Gasteiger partial charge >= 0.3 is 12.4 Å². The number of rotatable bonds is 4. The third kappa shape index (κ3) is 4.26. The lowest BCUT2D eigenvalue weighted by Crippen LogP contribution is -2.11. The SMILES string of the molecule is COc1ccc(-c2c(C)cc(Nc3n[nH]c(N)n3)cc2C(F)(F)F)cc1C(F)(F)F. The van der Waals surface area contributed by atoms with E-state index in [1.54, 1.807) is 0 Å². The van der Waals surface area contributed by atoms with Gasteiger partial charge in [0, 0.05) is 5.69 Å². The summed E-state index contributed by atoms with van der Waals surface area (Å²) in [5.41, 5.74) is 2.55. The first-order valence-corrected chi connectivity index (χ1v) is 8.32. The molecule has 12 heteroatoms. The molecule has 0 fully saturated rings. The predicted octanol–water partition coefficient (Wildman–Crippen LogP) is 5.15. The zero-order chi connectivity index (χ0) is 22.3. The van der Waals surface area contributed by atoms with Crippen LogP contribution in [-0.2, 0) is 12.4 Å². The van der Waals surface area contributed by atoms with Gasteiger partial charge in [-0.3, -0.25) is 0 Å². The fourth-order valence-electron chi connectivity index (χ4n) is 3.01. The third-order valence-electron chi connectivity index (χ3n) is 4.19. The Morgan fingerprint density at radius 1 is 1.00 bits per heavy atom. The van der Waals surface area contributed by atoms with Crippen LogP contribution in [0.2, 0.25) is 0 Å². The van der Waals surface area contributed by atoms with Crippen LogP contribution in [0.1, 0.15) is 16.7 Å². The average molecular weight is 431 g/mol. The van der Waals surface area contributed by atoms with Gasteiger partial charge in [-0.15, -0.1) is 5.10 Å². The number of aromatic nitrogens is 3. The molecule has 30 heavy (non-hydrogen) atoms. The van der Waals surface area contributed by atoms with Crippen molar-refractivity contribution in [2.45, 2.75) is 19.3 Å². The second-order valence-corrected chi connectivity index (χ2v) is 6.30. The Morgan fingerprint density at radius 3 is 2.20 bits per heavy atom. The lowest BCUT2D eigenvalue weighted by molar-refractivity contribution is -0.138. The summed E-state index contributed by atoms with van der Waals surface area (Å²) in [6, 6.07) is 4.88. The number of H-pyrrole nitrogens is 1. The zero-order valence-electron chi connectivity index (χ0n) is 15.5. The van der Waals surface area contributed by atoms with E-state index < -0.39 is 29.2 Å². The molecule has 0 unspecified atom stereocenters.